The number of ether oxygens (including phenoxy) is 1. The Labute approximate surface area is 122 Å². The van der Waals surface area contributed by atoms with Gasteiger partial charge in [-0.25, -0.2) is 4.79 Å². The Hall–Kier alpha value is -2.31. The molecule has 0 aliphatic carbocycles. The molecule has 1 N–H and O–H groups in total. The van der Waals surface area contributed by atoms with E-state index in [-0.39, 0.29) is 30.8 Å². The fourth-order valence-electron chi connectivity index (χ4n) is 2.30. The summed E-state index contributed by atoms with van der Waals surface area (Å²) in [5.41, 5.74) is 0. The Morgan fingerprint density at radius 3 is 2.95 bits per heavy atom. The minimum Gasteiger partial charge on any atom is -0.464 e. The molecule has 7 nitrogen and oxygen atoms in total. The van der Waals surface area contributed by atoms with Gasteiger partial charge in [0, 0.05) is 6.54 Å². The second-order valence-electron chi connectivity index (χ2n) is 4.66. The molecular weight excluding hydrogens is 276 g/mol. The molecule has 1 aromatic heterocycles. The smallest absolute Gasteiger partial charge is 0.328 e. The van der Waals surface area contributed by atoms with Gasteiger partial charge < -0.3 is 19.4 Å². The van der Waals surface area contributed by atoms with Crippen molar-refractivity contribution in [2.45, 2.75) is 25.8 Å². The summed E-state index contributed by atoms with van der Waals surface area (Å²) < 4.78 is 9.89. The number of furan rings is 1. The van der Waals surface area contributed by atoms with E-state index < -0.39 is 11.9 Å². The van der Waals surface area contributed by atoms with E-state index in [0.717, 1.165) is 6.42 Å². The highest BCUT2D eigenvalue weighted by molar-refractivity contribution is 5.95. The van der Waals surface area contributed by atoms with Gasteiger partial charge in [-0.05, 0) is 31.9 Å². The Kier molecular flexibility index (Phi) is 4.97. The lowest BCUT2D eigenvalue weighted by Gasteiger charge is -2.23. The van der Waals surface area contributed by atoms with Crippen LogP contribution in [0, 0.1) is 0 Å². The highest BCUT2D eigenvalue weighted by Crippen LogP contribution is 2.18. The third kappa shape index (κ3) is 3.62. The van der Waals surface area contributed by atoms with Gasteiger partial charge in [0.25, 0.3) is 5.91 Å². The summed E-state index contributed by atoms with van der Waals surface area (Å²) >= 11 is 0. The fraction of sp³-hybridized carbons (Fsp3) is 0.500. The summed E-state index contributed by atoms with van der Waals surface area (Å²) in [4.78, 5) is 37.0. The van der Waals surface area contributed by atoms with E-state index in [1.807, 2.05) is 0 Å². The summed E-state index contributed by atoms with van der Waals surface area (Å²) in [5, 5.41) is 2.48. The fourth-order valence-corrected chi connectivity index (χ4v) is 2.30. The predicted molar refractivity (Wildman–Crippen MR) is 72.4 cm³/mol. The first-order valence-corrected chi connectivity index (χ1v) is 6.91. The molecule has 2 heterocycles. The van der Waals surface area contributed by atoms with Crippen LogP contribution >= 0.6 is 0 Å². The predicted octanol–water partition coefficient (Wildman–Crippen LogP) is 0.564. The molecule has 21 heavy (non-hydrogen) atoms. The topological polar surface area (TPSA) is 88.9 Å². The molecule has 0 aromatic carbocycles. The number of amides is 2. The first-order valence-electron chi connectivity index (χ1n) is 6.91. The molecule has 114 valence electrons. The van der Waals surface area contributed by atoms with Crippen LogP contribution < -0.4 is 5.32 Å². The maximum Gasteiger partial charge on any atom is 0.328 e. The first kappa shape index (κ1) is 15.1. The molecule has 1 saturated heterocycles. The van der Waals surface area contributed by atoms with E-state index in [4.69, 9.17) is 9.15 Å². The molecule has 1 aliphatic rings. The zero-order valence-electron chi connectivity index (χ0n) is 11.8. The first-order chi connectivity index (χ1) is 10.1. The van der Waals surface area contributed by atoms with Crippen molar-refractivity contribution in [3.05, 3.63) is 24.2 Å². The minimum atomic E-state index is -0.544. The van der Waals surface area contributed by atoms with Gasteiger partial charge in [-0.1, -0.05) is 0 Å². The number of hydrogen-bond donors (Lipinski definition) is 1. The average Bonchev–Trinajstić information content (AvgIpc) is 3.14. The summed E-state index contributed by atoms with van der Waals surface area (Å²) in [7, 11) is 0. The Bertz CT molecular complexity index is 511. The Morgan fingerprint density at radius 2 is 2.29 bits per heavy atom. The van der Waals surface area contributed by atoms with Crippen LogP contribution in [0.15, 0.2) is 22.8 Å². The maximum atomic E-state index is 12.1. The van der Waals surface area contributed by atoms with Gasteiger partial charge in [0.2, 0.25) is 5.91 Å². The van der Waals surface area contributed by atoms with E-state index >= 15 is 0 Å². The molecule has 1 fully saturated rings. The summed E-state index contributed by atoms with van der Waals surface area (Å²) in [5.74, 6) is -1.00. The number of carbonyl (C=O) groups excluding carboxylic acids is 3. The third-order valence-corrected chi connectivity index (χ3v) is 3.28. The second-order valence-corrected chi connectivity index (χ2v) is 4.66. The number of nitrogens with one attached hydrogen (secondary N) is 1. The van der Waals surface area contributed by atoms with E-state index in [9.17, 15) is 14.4 Å². The van der Waals surface area contributed by atoms with Crippen molar-refractivity contribution >= 4 is 17.8 Å². The van der Waals surface area contributed by atoms with E-state index in [1.54, 1.807) is 13.0 Å². The van der Waals surface area contributed by atoms with Crippen LogP contribution in [0.1, 0.15) is 30.3 Å². The lowest BCUT2D eigenvalue weighted by atomic mass is 10.2. The van der Waals surface area contributed by atoms with Crippen LogP contribution in [0.3, 0.4) is 0 Å². The lowest BCUT2D eigenvalue weighted by Crippen LogP contribution is -2.46. The standard InChI is InChI=1S/C14H18N2O5/c1-2-20-14(19)10-5-3-7-16(10)12(17)9-15-13(18)11-6-4-8-21-11/h4,6,8,10H,2-3,5,7,9H2,1H3,(H,15,18). The molecule has 0 saturated carbocycles. The molecule has 0 spiro atoms. The molecule has 1 aliphatic heterocycles. The molecule has 0 bridgehead atoms. The number of carbonyl (C=O) groups is 3. The molecule has 0 radical (unpaired) electrons. The summed E-state index contributed by atoms with van der Waals surface area (Å²) in [6.45, 7) is 2.34. The number of esters is 1. The largest absolute Gasteiger partial charge is 0.464 e. The van der Waals surface area contributed by atoms with E-state index in [0.29, 0.717) is 13.0 Å². The van der Waals surface area contributed by atoms with Gasteiger partial charge >= 0.3 is 5.97 Å². The number of rotatable bonds is 5. The summed E-state index contributed by atoms with van der Waals surface area (Å²) in [6.07, 6.45) is 2.73. The molecule has 1 atom stereocenters. The lowest BCUT2D eigenvalue weighted by molar-refractivity contribution is -0.152. The van der Waals surface area contributed by atoms with Crippen molar-refractivity contribution in [1.82, 2.24) is 10.2 Å². The minimum absolute atomic E-state index is 0.145. The zero-order chi connectivity index (χ0) is 15.2. The highest BCUT2D eigenvalue weighted by atomic mass is 16.5. The second kappa shape index (κ2) is 6.92. The van der Waals surface area contributed by atoms with Crippen molar-refractivity contribution in [1.29, 1.82) is 0 Å². The number of likely N-dealkylation sites (tertiary alicyclic amines) is 1. The highest BCUT2D eigenvalue weighted by Gasteiger charge is 2.34. The molecule has 7 heteroatoms. The Morgan fingerprint density at radius 1 is 1.48 bits per heavy atom. The molecule has 1 aromatic rings. The van der Waals surface area contributed by atoms with Crippen LogP contribution in [0.4, 0.5) is 0 Å². The monoisotopic (exact) mass is 294 g/mol. The number of nitrogens with zero attached hydrogens (tertiary/aromatic N) is 1. The van der Waals surface area contributed by atoms with Crippen LogP contribution in [-0.2, 0) is 14.3 Å². The van der Waals surface area contributed by atoms with Crippen LogP contribution in [0.2, 0.25) is 0 Å². The van der Waals surface area contributed by atoms with Gasteiger partial charge in [-0.3, -0.25) is 9.59 Å². The molecule has 2 rings (SSSR count). The molecule has 1 unspecified atom stereocenters. The Balaban J connectivity index is 1.87. The van der Waals surface area contributed by atoms with Crippen molar-refractivity contribution in [3.8, 4) is 0 Å². The third-order valence-electron chi connectivity index (χ3n) is 3.28. The maximum absolute atomic E-state index is 12.1. The van der Waals surface area contributed by atoms with Gasteiger partial charge in [-0.15, -0.1) is 0 Å². The van der Waals surface area contributed by atoms with Crippen molar-refractivity contribution in [3.63, 3.8) is 0 Å². The summed E-state index contributed by atoms with van der Waals surface area (Å²) in [6, 6.07) is 2.56. The molecule has 2 amide bonds. The van der Waals surface area contributed by atoms with Gasteiger partial charge in [0.1, 0.15) is 6.04 Å². The van der Waals surface area contributed by atoms with Crippen molar-refractivity contribution in [2.24, 2.45) is 0 Å². The van der Waals surface area contributed by atoms with Crippen molar-refractivity contribution < 1.29 is 23.5 Å². The normalized spacial score (nSPS) is 17.6. The van der Waals surface area contributed by atoms with E-state index in [1.165, 1.54) is 17.2 Å². The van der Waals surface area contributed by atoms with Crippen molar-refractivity contribution in [2.75, 3.05) is 19.7 Å². The van der Waals surface area contributed by atoms with Gasteiger partial charge in [-0.2, -0.15) is 0 Å². The van der Waals surface area contributed by atoms with Gasteiger partial charge in [0.15, 0.2) is 5.76 Å². The number of hydrogen-bond acceptors (Lipinski definition) is 5. The zero-order valence-corrected chi connectivity index (χ0v) is 11.8. The van der Waals surface area contributed by atoms with E-state index in [2.05, 4.69) is 5.32 Å². The average molecular weight is 294 g/mol. The SMILES string of the molecule is CCOC(=O)C1CCCN1C(=O)CNC(=O)c1ccco1. The van der Waals surface area contributed by atoms with Crippen LogP contribution in [-0.4, -0.2) is 48.4 Å². The molecular formula is C14H18N2O5. The van der Waals surface area contributed by atoms with Crippen LogP contribution in [0.5, 0.6) is 0 Å². The quantitative estimate of drug-likeness (QED) is 0.802. The van der Waals surface area contributed by atoms with Gasteiger partial charge in [0.05, 0.1) is 19.4 Å². The van der Waals surface area contributed by atoms with Crippen LogP contribution in [0.25, 0.3) is 0 Å².